The minimum absolute atomic E-state index is 0.112. The van der Waals surface area contributed by atoms with Crippen molar-refractivity contribution in [3.05, 3.63) is 24.0 Å². The molecule has 0 radical (unpaired) electrons. The standard InChI is InChI=1S/C15H24N2O/c1-15(2,3)17-11-13-10-16-8-6-14(13)18-9-7-12-4-5-12/h6,8,10,12,17H,4-5,7,9,11H2,1-3H3. The van der Waals surface area contributed by atoms with Crippen molar-refractivity contribution in [2.75, 3.05) is 6.61 Å². The first-order valence-corrected chi connectivity index (χ1v) is 6.85. The maximum absolute atomic E-state index is 5.87. The first kappa shape index (κ1) is 13.3. The number of nitrogens with zero attached hydrogens (tertiary/aromatic N) is 1. The SMILES string of the molecule is CC(C)(C)NCc1cnccc1OCCC1CC1. The molecular formula is C15H24N2O. The zero-order valence-electron chi connectivity index (χ0n) is 11.7. The molecule has 1 aliphatic carbocycles. The molecule has 0 aliphatic heterocycles. The quantitative estimate of drug-likeness (QED) is 0.839. The lowest BCUT2D eigenvalue weighted by Crippen LogP contribution is -2.35. The summed E-state index contributed by atoms with van der Waals surface area (Å²) in [5.74, 6) is 1.89. The summed E-state index contributed by atoms with van der Waals surface area (Å²) in [6.07, 6.45) is 7.66. The number of ether oxygens (including phenoxy) is 1. The van der Waals surface area contributed by atoms with Gasteiger partial charge in [-0.25, -0.2) is 0 Å². The van der Waals surface area contributed by atoms with Gasteiger partial charge in [0.1, 0.15) is 5.75 Å². The van der Waals surface area contributed by atoms with Gasteiger partial charge in [0.2, 0.25) is 0 Å². The smallest absolute Gasteiger partial charge is 0.126 e. The fraction of sp³-hybridized carbons (Fsp3) is 0.667. The number of pyridine rings is 1. The van der Waals surface area contributed by atoms with Gasteiger partial charge < -0.3 is 10.1 Å². The molecule has 1 heterocycles. The van der Waals surface area contributed by atoms with E-state index in [1.807, 2.05) is 12.3 Å². The van der Waals surface area contributed by atoms with E-state index in [0.717, 1.165) is 30.4 Å². The van der Waals surface area contributed by atoms with Crippen LogP contribution in [0.4, 0.5) is 0 Å². The highest BCUT2D eigenvalue weighted by molar-refractivity contribution is 5.30. The summed E-state index contributed by atoms with van der Waals surface area (Å²) in [5, 5.41) is 3.47. The number of hydrogen-bond acceptors (Lipinski definition) is 3. The van der Waals surface area contributed by atoms with Gasteiger partial charge in [-0.05, 0) is 39.2 Å². The number of rotatable bonds is 6. The van der Waals surface area contributed by atoms with Gasteiger partial charge in [-0.2, -0.15) is 0 Å². The molecule has 1 aliphatic rings. The van der Waals surface area contributed by atoms with Crippen LogP contribution in [0.1, 0.15) is 45.6 Å². The van der Waals surface area contributed by atoms with Crippen LogP contribution < -0.4 is 10.1 Å². The average Bonchev–Trinajstić information content (AvgIpc) is 3.11. The topological polar surface area (TPSA) is 34.2 Å². The van der Waals surface area contributed by atoms with Crippen molar-refractivity contribution in [1.82, 2.24) is 10.3 Å². The number of aromatic nitrogens is 1. The van der Waals surface area contributed by atoms with Gasteiger partial charge in [0.15, 0.2) is 0 Å². The second-order valence-electron chi connectivity index (χ2n) is 6.17. The molecule has 1 fully saturated rings. The van der Waals surface area contributed by atoms with Crippen molar-refractivity contribution < 1.29 is 4.74 Å². The Morgan fingerprint density at radius 1 is 1.39 bits per heavy atom. The molecule has 1 saturated carbocycles. The summed E-state index contributed by atoms with van der Waals surface area (Å²) >= 11 is 0. The molecule has 0 aromatic carbocycles. The van der Waals surface area contributed by atoms with Crippen LogP contribution >= 0.6 is 0 Å². The van der Waals surface area contributed by atoms with Crippen molar-refractivity contribution >= 4 is 0 Å². The monoisotopic (exact) mass is 248 g/mol. The van der Waals surface area contributed by atoms with Crippen molar-refractivity contribution in [3.63, 3.8) is 0 Å². The van der Waals surface area contributed by atoms with Crippen LogP contribution in [0.25, 0.3) is 0 Å². The molecule has 1 N–H and O–H groups in total. The van der Waals surface area contributed by atoms with Gasteiger partial charge in [0.25, 0.3) is 0 Å². The van der Waals surface area contributed by atoms with E-state index in [1.54, 1.807) is 6.20 Å². The Bertz CT molecular complexity index is 380. The van der Waals surface area contributed by atoms with E-state index in [9.17, 15) is 0 Å². The molecule has 3 nitrogen and oxygen atoms in total. The maximum atomic E-state index is 5.87. The van der Waals surface area contributed by atoms with Gasteiger partial charge >= 0.3 is 0 Å². The van der Waals surface area contributed by atoms with Gasteiger partial charge in [-0.15, -0.1) is 0 Å². The molecule has 0 saturated heterocycles. The second-order valence-corrected chi connectivity index (χ2v) is 6.17. The third-order valence-corrected chi connectivity index (χ3v) is 3.15. The van der Waals surface area contributed by atoms with Gasteiger partial charge in [-0.1, -0.05) is 12.8 Å². The molecule has 0 bridgehead atoms. The van der Waals surface area contributed by atoms with E-state index in [0.29, 0.717) is 0 Å². The normalized spacial score (nSPS) is 15.7. The zero-order valence-corrected chi connectivity index (χ0v) is 11.7. The predicted molar refractivity (Wildman–Crippen MR) is 73.7 cm³/mol. The van der Waals surface area contributed by atoms with Gasteiger partial charge in [0, 0.05) is 30.0 Å². The van der Waals surface area contributed by atoms with E-state index < -0.39 is 0 Å². The summed E-state index contributed by atoms with van der Waals surface area (Å²) in [7, 11) is 0. The van der Waals surface area contributed by atoms with Crippen LogP contribution in [-0.4, -0.2) is 17.1 Å². The third kappa shape index (κ3) is 4.65. The van der Waals surface area contributed by atoms with Crippen LogP contribution in [0.15, 0.2) is 18.5 Å². The van der Waals surface area contributed by atoms with Crippen LogP contribution in [0.3, 0.4) is 0 Å². The highest BCUT2D eigenvalue weighted by atomic mass is 16.5. The van der Waals surface area contributed by atoms with Crippen molar-refractivity contribution in [2.24, 2.45) is 5.92 Å². The van der Waals surface area contributed by atoms with E-state index in [2.05, 4.69) is 31.1 Å². The Morgan fingerprint density at radius 2 is 2.17 bits per heavy atom. The molecule has 3 heteroatoms. The number of nitrogens with one attached hydrogen (secondary N) is 1. The lowest BCUT2D eigenvalue weighted by Gasteiger charge is -2.21. The Morgan fingerprint density at radius 3 is 2.83 bits per heavy atom. The molecule has 100 valence electrons. The van der Waals surface area contributed by atoms with Crippen molar-refractivity contribution in [2.45, 2.75) is 52.1 Å². The summed E-state index contributed by atoms with van der Waals surface area (Å²) < 4.78 is 5.87. The molecular weight excluding hydrogens is 224 g/mol. The van der Waals surface area contributed by atoms with Gasteiger partial charge in [0.05, 0.1) is 6.61 Å². The number of hydrogen-bond donors (Lipinski definition) is 1. The molecule has 1 aromatic rings. The molecule has 0 spiro atoms. The maximum Gasteiger partial charge on any atom is 0.126 e. The fourth-order valence-corrected chi connectivity index (χ4v) is 1.79. The van der Waals surface area contributed by atoms with Crippen LogP contribution in [0.2, 0.25) is 0 Å². The van der Waals surface area contributed by atoms with Crippen LogP contribution in [-0.2, 0) is 6.54 Å². The molecule has 18 heavy (non-hydrogen) atoms. The van der Waals surface area contributed by atoms with E-state index >= 15 is 0 Å². The van der Waals surface area contributed by atoms with Crippen LogP contribution in [0, 0.1) is 5.92 Å². The molecule has 0 atom stereocenters. The Kier molecular flexibility index (Phi) is 4.23. The Balaban J connectivity index is 1.87. The summed E-state index contributed by atoms with van der Waals surface area (Å²) in [4.78, 5) is 4.18. The second kappa shape index (κ2) is 5.70. The van der Waals surface area contributed by atoms with E-state index in [4.69, 9.17) is 4.74 Å². The van der Waals surface area contributed by atoms with Crippen molar-refractivity contribution in [3.8, 4) is 5.75 Å². The largest absolute Gasteiger partial charge is 0.493 e. The summed E-state index contributed by atoms with van der Waals surface area (Å²) in [5.41, 5.74) is 1.25. The minimum atomic E-state index is 0.112. The molecule has 1 aromatic heterocycles. The van der Waals surface area contributed by atoms with Crippen molar-refractivity contribution in [1.29, 1.82) is 0 Å². The lowest BCUT2D eigenvalue weighted by atomic mass is 10.1. The highest BCUT2D eigenvalue weighted by Gasteiger charge is 2.21. The lowest BCUT2D eigenvalue weighted by molar-refractivity contribution is 0.296. The first-order chi connectivity index (χ1) is 8.54. The summed E-state index contributed by atoms with van der Waals surface area (Å²) in [6, 6.07) is 1.96. The predicted octanol–water partition coefficient (Wildman–Crippen LogP) is 3.15. The highest BCUT2D eigenvalue weighted by Crippen LogP contribution is 2.32. The van der Waals surface area contributed by atoms with E-state index in [1.165, 1.54) is 19.3 Å². The Labute approximate surface area is 110 Å². The molecule has 2 rings (SSSR count). The van der Waals surface area contributed by atoms with E-state index in [-0.39, 0.29) is 5.54 Å². The zero-order chi connectivity index (χ0) is 13.0. The molecule has 0 unspecified atom stereocenters. The first-order valence-electron chi connectivity index (χ1n) is 6.85. The van der Waals surface area contributed by atoms with Gasteiger partial charge in [-0.3, -0.25) is 4.98 Å². The summed E-state index contributed by atoms with van der Waals surface area (Å²) in [6.45, 7) is 8.12. The minimum Gasteiger partial charge on any atom is -0.493 e. The Hall–Kier alpha value is -1.09. The third-order valence-electron chi connectivity index (χ3n) is 3.15. The van der Waals surface area contributed by atoms with Crippen LogP contribution in [0.5, 0.6) is 5.75 Å². The fourth-order valence-electron chi connectivity index (χ4n) is 1.79. The average molecular weight is 248 g/mol. The molecule has 0 amide bonds.